The van der Waals surface area contributed by atoms with E-state index in [1.165, 1.54) is 31.8 Å². The van der Waals surface area contributed by atoms with Gasteiger partial charge in [-0.3, -0.25) is 0 Å². The molecule has 2 aromatic heterocycles. The molecule has 0 aliphatic heterocycles. The largest absolute Gasteiger partial charge is 0.496 e. The van der Waals surface area contributed by atoms with Crippen molar-refractivity contribution >= 4 is 32.2 Å². The van der Waals surface area contributed by atoms with Crippen LogP contribution in [0.2, 0.25) is 0 Å². The minimum atomic E-state index is -4.47. The molecular weight excluding hydrogens is 497 g/mol. The minimum absolute atomic E-state index is 0.0146. The van der Waals surface area contributed by atoms with Crippen LogP contribution in [0, 0.1) is 0 Å². The molecule has 0 aliphatic rings. The first kappa shape index (κ1) is 25.5. The Bertz CT molecular complexity index is 1490. The molecule has 0 saturated carbocycles. The van der Waals surface area contributed by atoms with Crippen LogP contribution in [0.1, 0.15) is 11.3 Å². The number of benzene rings is 2. The molecule has 0 radical (unpaired) electrons. The number of halogens is 3. The van der Waals surface area contributed by atoms with Crippen LogP contribution >= 0.6 is 0 Å². The lowest BCUT2D eigenvalue weighted by Gasteiger charge is -2.13. The Labute approximate surface area is 205 Å². The van der Waals surface area contributed by atoms with Gasteiger partial charge in [0.1, 0.15) is 39.3 Å². The molecule has 4 aromatic rings. The number of ether oxygens (including phenoxy) is 1. The lowest BCUT2D eigenvalue weighted by Crippen LogP contribution is -2.21. The van der Waals surface area contributed by atoms with E-state index in [1.807, 2.05) is 0 Å². The minimum Gasteiger partial charge on any atom is -0.496 e. The van der Waals surface area contributed by atoms with Crippen LogP contribution in [-0.4, -0.2) is 44.0 Å². The lowest BCUT2D eigenvalue weighted by molar-refractivity contribution is -0.137. The fourth-order valence-corrected chi connectivity index (χ4v) is 4.06. The number of fused-ring (bicyclic) bond motifs is 1. The van der Waals surface area contributed by atoms with Crippen molar-refractivity contribution in [1.29, 1.82) is 0 Å². The second kappa shape index (κ2) is 10.2. The van der Waals surface area contributed by atoms with Gasteiger partial charge < -0.3 is 19.8 Å². The number of furan rings is 1. The van der Waals surface area contributed by atoms with Crippen molar-refractivity contribution in [2.24, 2.45) is 0 Å². The summed E-state index contributed by atoms with van der Waals surface area (Å²) in [6.07, 6.45) is -1.99. The van der Waals surface area contributed by atoms with Gasteiger partial charge in [-0.05, 0) is 36.4 Å². The molecule has 4 rings (SSSR count). The standard InChI is InChI=1S/C24H23F3N4O4S/c1-34-22-12-20-18(11-19(22)21-7-6-17(35-21)13-28-8-9-36(2,32)33)23(30-14-29-20)31-16-5-3-4-15(10-16)24(25,26)27/h3-7,10-12,14,28H,8-9,13H2,1-2H3,(H,29,30,31). The Morgan fingerprint density at radius 3 is 2.61 bits per heavy atom. The van der Waals surface area contributed by atoms with Gasteiger partial charge in [-0.1, -0.05) is 6.07 Å². The smallest absolute Gasteiger partial charge is 0.416 e. The summed E-state index contributed by atoms with van der Waals surface area (Å²) < 4.78 is 73.4. The Hall–Kier alpha value is -3.64. The molecule has 0 aliphatic carbocycles. The van der Waals surface area contributed by atoms with Gasteiger partial charge in [-0.2, -0.15) is 13.2 Å². The number of alkyl halides is 3. The van der Waals surface area contributed by atoms with Crippen molar-refractivity contribution in [3.63, 3.8) is 0 Å². The van der Waals surface area contributed by atoms with Crippen molar-refractivity contribution < 1.29 is 30.7 Å². The molecule has 0 saturated heterocycles. The first-order chi connectivity index (χ1) is 17.0. The fourth-order valence-electron chi connectivity index (χ4n) is 3.54. The summed E-state index contributed by atoms with van der Waals surface area (Å²) in [7, 11) is -1.56. The van der Waals surface area contributed by atoms with Gasteiger partial charge in [0.2, 0.25) is 0 Å². The molecule has 190 valence electrons. The molecule has 0 spiro atoms. The summed E-state index contributed by atoms with van der Waals surface area (Å²) in [5.41, 5.74) is 0.563. The molecule has 0 fully saturated rings. The third-order valence-electron chi connectivity index (χ3n) is 5.29. The Kier molecular flexibility index (Phi) is 7.18. The van der Waals surface area contributed by atoms with Crippen LogP contribution in [-0.2, 0) is 22.6 Å². The maximum absolute atomic E-state index is 13.1. The summed E-state index contributed by atoms with van der Waals surface area (Å²) in [5, 5.41) is 6.51. The van der Waals surface area contributed by atoms with E-state index >= 15 is 0 Å². The molecule has 0 atom stereocenters. The number of methoxy groups -OCH3 is 1. The maximum atomic E-state index is 13.1. The van der Waals surface area contributed by atoms with Gasteiger partial charge in [0.05, 0.1) is 36.1 Å². The van der Waals surface area contributed by atoms with Crippen molar-refractivity contribution in [2.45, 2.75) is 12.7 Å². The number of hydrogen-bond acceptors (Lipinski definition) is 8. The summed E-state index contributed by atoms with van der Waals surface area (Å²) in [6, 6.07) is 11.8. The Morgan fingerprint density at radius 1 is 1.08 bits per heavy atom. The van der Waals surface area contributed by atoms with Crippen LogP contribution in [0.15, 0.2) is 59.3 Å². The third-order valence-corrected chi connectivity index (χ3v) is 6.23. The lowest BCUT2D eigenvalue weighted by atomic mass is 10.1. The molecule has 8 nitrogen and oxygen atoms in total. The number of nitrogens with zero attached hydrogens (tertiary/aromatic N) is 2. The van der Waals surface area contributed by atoms with Crippen molar-refractivity contribution in [3.05, 3.63) is 66.2 Å². The van der Waals surface area contributed by atoms with Crippen LogP contribution in [0.4, 0.5) is 24.7 Å². The predicted molar refractivity (Wildman–Crippen MR) is 130 cm³/mol. The number of hydrogen-bond donors (Lipinski definition) is 2. The van der Waals surface area contributed by atoms with E-state index < -0.39 is 21.6 Å². The maximum Gasteiger partial charge on any atom is 0.416 e. The summed E-state index contributed by atoms with van der Waals surface area (Å²) in [6.45, 7) is 0.618. The van der Waals surface area contributed by atoms with E-state index in [9.17, 15) is 21.6 Å². The second-order valence-corrected chi connectivity index (χ2v) is 10.3. The van der Waals surface area contributed by atoms with Crippen LogP contribution in [0.25, 0.3) is 22.2 Å². The van der Waals surface area contributed by atoms with E-state index in [-0.39, 0.29) is 18.0 Å². The molecule has 0 amide bonds. The van der Waals surface area contributed by atoms with E-state index in [0.29, 0.717) is 46.1 Å². The van der Waals surface area contributed by atoms with Crippen molar-refractivity contribution in [1.82, 2.24) is 15.3 Å². The van der Waals surface area contributed by atoms with Gasteiger partial charge in [-0.15, -0.1) is 0 Å². The number of anilines is 2. The van der Waals surface area contributed by atoms with E-state index in [2.05, 4.69) is 20.6 Å². The van der Waals surface area contributed by atoms with Gasteiger partial charge in [0.15, 0.2) is 0 Å². The topological polar surface area (TPSA) is 106 Å². The number of nitrogens with one attached hydrogen (secondary N) is 2. The number of aromatic nitrogens is 2. The highest BCUT2D eigenvalue weighted by atomic mass is 32.2. The molecule has 2 heterocycles. The first-order valence-corrected chi connectivity index (χ1v) is 12.8. The monoisotopic (exact) mass is 520 g/mol. The zero-order valence-corrected chi connectivity index (χ0v) is 20.2. The zero-order valence-electron chi connectivity index (χ0n) is 19.4. The Morgan fingerprint density at radius 2 is 1.89 bits per heavy atom. The average Bonchev–Trinajstić information content (AvgIpc) is 3.29. The molecular formula is C24H23F3N4O4S. The van der Waals surface area contributed by atoms with Gasteiger partial charge in [0, 0.05) is 29.9 Å². The molecule has 0 bridgehead atoms. The molecule has 2 aromatic carbocycles. The van der Waals surface area contributed by atoms with Crippen molar-refractivity contribution in [2.75, 3.05) is 31.0 Å². The molecule has 0 unspecified atom stereocenters. The summed E-state index contributed by atoms with van der Waals surface area (Å²) in [4.78, 5) is 8.48. The zero-order chi connectivity index (χ0) is 25.9. The first-order valence-electron chi connectivity index (χ1n) is 10.8. The van der Waals surface area contributed by atoms with Gasteiger partial charge in [0.25, 0.3) is 0 Å². The quantitative estimate of drug-likeness (QED) is 0.303. The normalized spacial score (nSPS) is 12.1. The van der Waals surface area contributed by atoms with Crippen molar-refractivity contribution in [3.8, 4) is 17.1 Å². The summed E-state index contributed by atoms with van der Waals surface area (Å²) in [5.74, 6) is 1.89. The molecule has 12 heteroatoms. The Balaban J connectivity index is 1.64. The predicted octanol–water partition coefficient (Wildman–Crippen LogP) is 4.80. The number of sulfone groups is 1. The average molecular weight is 521 g/mol. The van der Waals surface area contributed by atoms with Crippen LogP contribution < -0.4 is 15.4 Å². The van der Waals surface area contributed by atoms with E-state index in [1.54, 1.807) is 24.3 Å². The fraction of sp³-hybridized carbons (Fsp3) is 0.250. The highest BCUT2D eigenvalue weighted by Gasteiger charge is 2.30. The summed E-state index contributed by atoms with van der Waals surface area (Å²) >= 11 is 0. The third kappa shape index (κ3) is 6.13. The molecule has 2 N–H and O–H groups in total. The highest BCUT2D eigenvalue weighted by molar-refractivity contribution is 7.90. The highest BCUT2D eigenvalue weighted by Crippen LogP contribution is 2.37. The van der Waals surface area contributed by atoms with Crippen LogP contribution in [0.3, 0.4) is 0 Å². The van der Waals surface area contributed by atoms with Crippen LogP contribution in [0.5, 0.6) is 5.75 Å². The molecule has 36 heavy (non-hydrogen) atoms. The van der Waals surface area contributed by atoms with E-state index in [0.717, 1.165) is 12.1 Å². The second-order valence-electron chi connectivity index (χ2n) is 8.07. The SMILES string of the molecule is COc1cc2ncnc(Nc3cccc(C(F)(F)F)c3)c2cc1-c1ccc(CNCCS(C)(=O)=O)o1. The van der Waals surface area contributed by atoms with E-state index in [4.69, 9.17) is 9.15 Å². The van der Waals surface area contributed by atoms with Gasteiger partial charge in [-0.25, -0.2) is 18.4 Å². The van der Waals surface area contributed by atoms with Gasteiger partial charge >= 0.3 is 6.18 Å². The number of rotatable bonds is 9.